The summed E-state index contributed by atoms with van der Waals surface area (Å²) in [5.74, 6) is 5.34. The highest BCUT2D eigenvalue weighted by atomic mass is 32.1. The SMILES string of the molecule is CCN1CCN(Cc2ccc(C(=O)Nc3cc(C#Cc4cnc(N)s4)ccn3)cc2C(F)(F)F)CC1. The van der Waals surface area contributed by atoms with Crippen LogP contribution in [0.5, 0.6) is 0 Å². The topological polar surface area (TPSA) is 87.4 Å². The van der Waals surface area contributed by atoms with Gasteiger partial charge in [-0.2, -0.15) is 13.2 Å². The van der Waals surface area contributed by atoms with Crippen LogP contribution in [0.3, 0.4) is 0 Å². The van der Waals surface area contributed by atoms with E-state index >= 15 is 0 Å². The summed E-state index contributed by atoms with van der Waals surface area (Å²) >= 11 is 1.25. The van der Waals surface area contributed by atoms with E-state index in [9.17, 15) is 18.0 Å². The molecule has 0 saturated carbocycles. The van der Waals surface area contributed by atoms with Crippen LogP contribution in [0.25, 0.3) is 0 Å². The van der Waals surface area contributed by atoms with Gasteiger partial charge >= 0.3 is 6.18 Å². The number of carbonyl (C=O) groups excluding carboxylic acids is 1. The van der Waals surface area contributed by atoms with Crippen molar-refractivity contribution < 1.29 is 18.0 Å². The molecule has 1 aromatic carbocycles. The number of halogens is 3. The predicted molar refractivity (Wildman–Crippen MR) is 134 cm³/mol. The fourth-order valence-corrected chi connectivity index (χ4v) is 4.41. The molecule has 0 spiro atoms. The molecule has 1 aliphatic rings. The highest BCUT2D eigenvalue weighted by Crippen LogP contribution is 2.33. The van der Waals surface area contributed by atoms with Gasteiger partial charge in [0.15, 0.2) is 5.13 Å². The Morgan fingerprint density at radius 3 is 2.53 bits per heavy atom. The van der Waals surface area contributed by atoms with Gasteiger partial charge in [-0.15, -0.1) is 0 Å². The maximum atomic E-state index is 13.9. The zero-order valence-electron chi connectivity index (χ0n) is 19.6. The van der Waals surface area contributed by atoms with E-state index in [-0.39, 0.29) is 23.5 Å². The smallest absolute Gasteiger partial charge is 0.375 e. The van der Waals surface area contributed by atoms with Gasteiger partial charge in [0, 0.05) is 50.0 Å². The summed E-state index contributed by atoms with van der Waals surface area (Å²) in [4.78, 5) is 25.7. The van der Waals surface area contributed by atoms with Crippen molar-refractivity contribution in [3.05, 3.63) is 69.9 Å². The van der Waals surface area contributed by atoms with E-state index in [0.717, 1.165) is 25.7 Å². The number of anilines is 2. The van der Waals surface area contributed by atoms with Gasteiger partial charge in [-0.25, -0.2) is 9.97 Å². The molecule has 3 aromatic rings. The highest BCUT2D eigenvalue weighted by Gasteiger charge is 2.34. The molecule has 0 aliphatic carbocycles. The molecule has 36 heavy (non-hydrogen) atoms. The zero-order chi connectivity index (χ0) is 25.7. The molecule has 0 unspecified atom stereocenters. The monoisotopic (exact) mass is 514 g/mol. The van der Waals surface area contributed by atoms with Gasteiger partial charge in [-0.3, -0.25) is 9.69 Å². The normalized spacial score (nSPS) is 14.8. The Morgan fingerprint density at radius 2 is 1.86 bits per heavy atom. The van der Waals surface area contributed by atoms with Gasteiger partial charge in [0.05, 0.1) is 16.6 Å². The van der Waals surface area contributed by atoms with E-state index in [1.807, 2.05) is 4.90 Å². The lowest BCUT2D eigenvalue weighted by Crippen LogP contribution is -2.45. The van der Waals surface area contributed by atoms with Crippen LogP contribution in [-0.2, 0) is 12.7 Å². The summed E-state index contributed by atoms with van der Waals surface area (Å²) in [6.07, 6.45) is -1.56. The Labute approximate surface area is 211 Å². The number of amides is 1. The number of nitrogens with zero attached hydrogens (tertiary/aromatic N) is 4. The Hall–Kier alpha value is -3.46. The van der Waals surface area contributed by atoms with Crippen LogP contribution in [0.2, 0.25) is 0 Å². The standard InChI is InChI=1S/C25H25F3N6OS/c1-2-33-9-11-34(12-10-33)16-19-5-4-18(14-21(19)25(26,27)28)23(35)32-22-13-17(7-8-30-22)3-6-20-15-31-24(29)36-20/h4-5,7-8,13-15H,2,9-12,16H2,1H3,(H2,29,31)(H,30,32,35). The lowest BCUT2D eigenvalue weighted by molar-refractivity contribution is -0.138. The maximum absolute atomic E-state index is 13.9. The molecule has 3 heterocycles. The number of thiazole rings is 1. The number of piperazine rings is 1. The number of hydrogen-bond acceptors (Lipinski definition) is 7. The molecule has 3 N–H and O–H groups in total. The molecule has 188 valence electrons. The quantitative estimate of drug-likeness (QED) is 0.502. The van der Waals surface area contributed by atoms with Gasteiger partial charge in [-0.05, 0) is 42.3 Å². The first-order valence-electron chi connectivity index (χ1n) is 11.4. The Morgan fingerprint density at radius 1 is 1.11 bits per heavy atom. The summed E-state index contributed by atoms with van der Waals surface area (Å²) in [5.41, 5.74) is 5.42. The number of likely N-dealkylation sites (N-methyl/N-ethyl adjacent to an activating group) is 1. The first kappa shape index (κ1) is 25.6. The van der Waals surface area contributed by atoms with Gasteiger partial charge in [-0.1, -0.05) is 30.2 Å². The van der Waals surface area contributed by atoms with E-state index in [2.05, 4.69) is 38.9 Å². The second-order valence-electron chi connectivity index (χ2n) is 8.28. The molecular formula is C25H25F3N6OS. The molecule has 2 aromatic heterocycles. The molecule has 7 nitrogen and oxygen atoms in total. The third kappa shape index (κ3) is 6.60. The number of hydrogen-bond donors (Lipinski definition) is 2. The maximum Gasteiger partial charge on any atom is 0.416 e. The second-order valence-corrected chi connectivity index (χ2v) is 9.34. The second kappa shape index (κ2) is 11.1. The van der Waals surface area contributed by atoms with Crippen molar-refractivity contribution in [1.82, 2.24) is 19.8 Å². The summed E-state index contributed by atoms with van der Waals surface area (Å²) in [6, 6.07) is 6.92. The Bertz CT molecular complexity index is 1290. The van der Waals surface area contributed by atoms with Crippen molar-refractivity contribution in [3.63, 3.8) is 0 Å². The van der Waals surface area contributed by atoms with Crippen LogP contribution < -0.4 is 11.1 Å². The van der Waals surface area contributed by atoms with E-state index in [0.29, 0.717) is 28.7 Å². The van der Waals surface area contributed by atoms with Crippen LogP contribution in [0.4, 0.5) is 24.1 Å². The fraction of sp³-hybridized carbons (Fsp3) is 0.320. The Balaban J connectivity index is 1.48. The minimum absolute atomic E-state index is 0.0969. The minimum atomic E-state index is -4.58. The van der Waals surface area contributed by atoms with Crippen molar-refractivity contribution in [2.24, 2.45) is 0 Å². The summed E-state index contributed by atoms with van der Waals surface area (Å²) in [6.45, 7) is 6.24. The van der Waals surface area contributed by atoms with E-state index in [1.54, 1.807) is 18.3 Å². The number of nitrogen functional groups attached to an aromatic ring is 1. The molecule has 1 amide bonds. The number of aromatic nitrogens is 2. The number of rotatable bonds is 5. The van der Waals surface area contributed by atoms with Gasteiger partial charge in [0.2, 0.25) is 0 Å². The average molecular weight is 515 g/mol. The van der Waals surface area contributed by atoms with E-state index < -0.39 is 17.6 Å². The number of alkyl halides is 3. The van der Waals surface area contributed by atoms with Crippen LogP contribution in [0.1, 0.15) is 38.8 Å². The van der Waals surface area contributed by atoms with Gasteiger partial charge in [0.1, 0.15) is 5.82 Å². The minimum Gasteiger partial charge on any atom is -0.375 e. The number of nitrogens with two attached hydrogens (primary N) is 1. The van der Waals surface area contributed by atoms with Crippen LogP contribution in [0, 0.1) is 11.8 Å². The fourth-order valence-electron chi connectivity index (χ4n) is 3.87. The number of nitrogens with one attached hydrogen (secondary N) is 1. The molecule has 0 atom stereocenters. The molecule has 1 saturated heterocycles. The number of benzene rings is 1. The van der Waals surface area contributed by atoms with Crippen LogP contribution in [-0.4, -0.2) is 58.4 Å². The van der Waals surface area contributed by atoms with Crippen LogP contribution >= 0.6 is 11.3 Å². The van der Waals surface area contributed by atoms with E-state index in [1.165, 1.54) is 29.7 Å². The number of carbonyl (C=O) groups is 1. The highest BCUT2D eigenvalue weighted by molar-refractivity contribution is 7.15. The first-order valence-corrected chi connectivity index (χ1v) is 12.2. The molecule has 0 bridgehead atoms. The molecule has 1 fully saturated rings. The van der Waals surface area contributed by atoms with E-state index in [4.69, 9.17) is 5.73 Å². The van der Waals surface area contributed by atoms with Crippen molar-refractivity contribution in [1.29, 1.82) is 0 Å². The summed E-state index contributed by atoms with van der Waals surface area (Å²) < 4.78 is 41.6. The predicted octanol–water partition coefficient (Wildman–Crippen LogP) is 3.93. The largest absolute Gasteiger partial charge is 0.416 e. The summed E-state index contributed by atoms with van der Waals surface area (Å²) in [5, 5.41) is 2.97. The van der Waals surface area contributed by atoms with Crippen molar-refractivity contribution in [3.8, 4) is 11.8 Å². The molecule has 4 rings (SSSR count). The lowest BCUT2D eigenvalue weighted by Gasteiger charge is -2.34. The van der Waals surface area contributed by atoms with Crippen LogP contribution in [0.15, 0.2) is 42.7 Å². The zero-order valence-corrected chi connectivity index (χ0v) is 20.4. The molecular weight excluding hydrogens is 489 g/mol. The van der Waals surface area contributed by atoms with Gasteiger partial charge < -0.3 is 16.0 Å². The number of pyridine rings is 1. The summed E-state index contributed by atoms with van der Waals surface area (Å²) in [7, 11) is 0. The molecule has 1 aliphatic heterocycles. The lowest BCUT2D eigenvalue weighted by atomic mass is 10.0. The van der Waals surface area contributed by atoms with Crippen molar-refractivity contribution >= 4 is 28.2 Å². The van der Waals surface area contributed by atoms with Gasteiger partial charge in [0.25, 0.3) is 5.91 Å². The Kier molecular flexibility index (Phi) is 7.88. The third-order valence-electron chi connectivity index (χ3n) is 5.84. The van der Waals surface area contributed by atoms with Crippen molar-refractivity contribution in [2.75, 3.05) is 43.8 Å². The van der Waals surface area contributed by atoms with Crippen molar-refractivity contribution in [2.45, 2.75) is 19.6 Å². The molecule has 0 radical (unpaired) electrons. The first-order chi connectivity index (χ1) is 17.2. The third-order valence-corrected chi connectivity index (χ3v) is 6.58. The average Bonchev–Trinajstić information content (AvgIpc) is 3.28. The molecule has 11 heteroatoms.